The molecule has 0 spiro atoms. The Morgan fingerprint density at radius 1 is 1.33 bits per heavy atom. The second kappa shape index (κ2) is 10.1. The summed E-state index contributed by atoms with van der Waals surface area (Å²) in [6.07, 6.45) is 2.89. The number of fused-ring (bicyclic) bond motifs is 1. The third-order valence-electron chi connectivity index (χ3n) is 5.69. The fourth-order valence-corrected chi connectivity index (χ4v) is 4.06. The molecule has 0 aliphatic carbocycles. The lowest BCUT2D eigenvalue weighted by Crippen LogP contribution is -2.26. The Morgan fingerprint density at radius 3 is 2.91 bits per heavy atom. The largest absolute Gasteiger partial charge is 0.379 e. The molecular formula is C23H30N6O4. The average Bonchev–Trinajstić information content (AvgIpc) is 3.36. The summed E-state index contributed by atoms with van der Waals surface area (Å²) in [5.41, 5.74) is 8.42. The molecule has 1 fully saturated rings. The van der Waals surface area contributed by atoms with Crippen molar-refractivity contribution < 1.29 is 19.1 Å². The number of aromatic nitrogens is 4. The molecule has 1 unspecified atom stereocenters. The normalized spacial score (nSPS) is 16.2. The zero-order chi connectivity index (χ0) is 23.4. The van der Waals surface area contributed by atoms with Crippen molar-refractivity contribution in [2.45, 2.75) is 52.3 Å². The van der Waals surface area contributed by atoms with E-state index in [0.717, 1.165) is 37.1 Å². The fourth-order valence-electron chi connectivity index (χ4n) is 4.06. The van der Waals surface area contributed by atoms with Crippen LogP contribution in [0.3, 0.4) is 0 Å². The lowest BCUT2D eigenvalue weighted by Gasteiger charge is -2.22. The number of ether oxygens (including phenoxy) is 2. The number of benzene rings is 1. The van der Waals surface area contributed by atoms with Gasteiger partial charge < -0.3 is 19.8 Å². The van der Waals surface area contributed by atoms with Crippen LogP contribution in [-0.4, -0.2) is 57.1 Å². The fraction of sp³-hybridized carbons (Fsp3) is 0.478. The van der Waals surface area contributed by atoms with Crippen LogP contribution in [0.2, 0.25) is 0 Å². The summed E-state index contributed by atoms with van der Waals surface area (Å²) < 4.78 is 15.0. The minimum atomic E-state index is -0.526. The van der Waals surface area contributed by atoms with E-state index in [1.807, 2.05) is 18.4 Å². The molecule has 33 heavy (non-hydrogen) atoms. The number of aryl methyl sites for hydroxylation is 3. The molecule has 1 aliphatic rings. The Kier molecular flexibility index (Phi) is 7.05. The first-order chi connectivity index (χ1) is 16.0. The number of primary amides is 1. The third kappa shape index (κ3) is 5.23. The van der Waals surface area contributed by atoms with Crippen molar-refractivity contribution in [1.82, 2.24) is 19.3 Å². The SMILES string of the molecule is CCn1nc(C)cc1C(=O)Nc1nc2cc(C(N)=O)ccc2n1CCCOC1CCCOC1. The Morgan fingerprint density at radius 2 is 2.18 bits per heavy atom. The van der Waals surface area contributed by atoms with Crippen molar-refractivity contribution in [2.24, 2.45) is 5.73 Å². The quantitative estimate of drug-likeness (QED) is 0.479. The Labute approximate surface area is 192 Å². The summed E-state index contributed by atoms with van der Waals surface area (Å²) in [7, 11) is 0. The van der Waals surface area contributed by atoms with Crippen molar-refractivity contribution in [3.8, 4) is 0 Å². The smallest absolute Gasteiger partial charge is 0.276 e. The van der Waals surface area contributed by atoms with Crippen LogP contribution in [0.25, 0.3) is 11.0 Å². The summed E-state index contributed by atoms with van der Waals surface area (Å²) in [5, 5.41) is 7.26. The number of nitrogens with two attached hydrogens (primary N) is 1. The minimum Gasteiger partial charge on any atom is -0.379 e. The predicted octanol–water partition coefficient (Wildman–Crippen LogP) is 2.50. The van der Waals surface area contributed by atoms with Gasteiger partial charge in [-0.3, -0.25) is 19.6 Å². The monoisotopic (exact) mass is 454 g/mol. The number of nitrogens with zero attached hydrogens (tertiary/aromatic N) is 4. The second-order valence-corrected chi connectivity index (χ2v) is 8.16. The standard InChI is InChI=1S/C23H30N6O4/c1-3-29-20(12-15(2)27-29)22(31)26-23-25-18-13-16(21(24)30)7-8-19(18)28(23)9-5-11-33-17-6-4-10-32-14-17/h7-8,12-13,17H,3-6,9-11,14H2,1-2H3,(H2,24,30)(H,25,26,31). The predicted molar refractivity (Wildman–Crippen MR) is 123 cm³/mol. The van der Waals surface area contributed by atoms with Crippen LogP contribution in [-0.2, 0) is 22.6 Å². The van der Waals surface area contributed by atoms with E-state index < -0.39 is 5.91 Å². The lowest BCUT2D eigenvalue weighted by molar-refractivity contribution is -0.0509. The topological polar surface area (TPSA) is 126 Å². The molecule has 1 atom stereocenters. The van der Waals surface area contributed by atoms with Gasteiger partial charge in [0, 0.05) is 31.9 Å². The highest BCUT2D eigenvalue weighted by molar-refractivity contribution is 6.03. The van der Waals surface area contributed by atoms with Gasteiger partial charge >= 0.3 is 0 Å². The van der Waals surface area contributed by atoms with Crippen LogP contribution < -0.4 is 11.1 Å². The molecule has 0 radical (unpaired) electrons. The molecule has 0 saturated carbocycles. The number of amides is 2. The first-order valence-corrected chi connectivity index (χ1v) is 11.3. The zero-order valence-electron chi connectivity index (χ0n) is 19.0. The number of rotatable bonds is 9. The Hall–Kier alpha value is -3.24. The van der Waals surface area contributed by atoms with Crippen LogP contribution in [0.1, 0.15) is 52.7 Å². The van der Waals surface area contributed by atoms with Crippen molar-refractivity contribution in [2.75, 3.05) is 25.1 Å². The Bertz CT molecular complexity index is 1150. The second-order valence-electron chi connectivity index (χ2n) is 8.16. The molecule has 1 aromatic carbocycles. The molecule has 1 saturated heterocycles. The van der Waals surface area contributed by atoms with Gasteiger partial charge in [0.1, 0.15) is 5.69 Å². The molecule has 3 aromatic rings. The van der Waals surface area contributed by atoms with E-state index in [2.05, 4.69) is 15.4 Å². The number of nitrogens with one attached hydrogen (secondary N) is 1. The summed E-state index contributed by atoms with van der Waals surface area (Å²) in [6.45, 7) is 6.95. The summed E-state index contributed by atoms with van der Waals surface area (Å²) in [5.74, 6) is -0.415. The van der Waals surface area contributed by atoms with Gasteiger partial charge in [-0.15, -0.1) is 0 Å². The van der Waals surface area contributed by atoms with E-state index in [-0.39, 0.29) is 12.0 Å². The maximum atomic E-state index is 13.0. The Balaban J connectivity index is 1.55. The molecule has 1 aliphatic heterocycles. The van der Waals surface area contributed by atoms with Gasteiger partial charge in [-0.1, -0.05) is 0 Å². The van der Waals surface area contributed by atoms with Gasteiger partial charge in [0.2, 0.25) is 11.9 Å². The van der Waals surface area contributed by atoms with Crippen LogP contribution >= 0.6 is 0 Å². The van der Waals surface area contributed by atoms with E-state index in [1.54, 1.807) is 28.9 Å². The molecule has 10 nitrogen and oxygen atoms in total. The molecule has 2 aromatic heterocycles. The van der Waals surface area contributed by atoms with Gasteiger partial charge in [0.15, 0.2) is 0 Å². The molecule has 3 heterocycles. The van der Waals surface area contributed by atoms with Gasteiger partial charge in [-0.05, 0) is 57.4 Å². The van der Waals surface area contributed by atoms with E-state index in [1.165, 1.54) is 0 Å². The van der Waals surface area contributed by atoms with Gasteiger partial charge in [-0.25, -0.2) is 4.98 Å². The lowest BCUT2D eigenvalue weighted by atomic mass is 10.2. The average molecular weight is 455 g/mol. The zero-order valence-corrected chi connectivity index (χ0v) is 19.0. The summed E-state index contributed by atoms with van der Waals surface area (Å²) in [6, 6.07) is 6.85. The van der Waals surface area contributed by atoms with E-state index in [9.17, 15) is 9.59 Å². The van der Waals surface area contributed by atoms with Crippen molar-refractivity contribution >= 4 is 28.8 Å². The van der Waals surface area contributed by atoms with Crippen LogP contribution in [0.4, 0.5) is 5.95 Å². The van der Waals surface area contributed by atoms with Gasteiger partial charge in [0.25, 0.3) is 5.91 Å². The first kappa shape index (κ1) is 22.9. The number of hydrogen-bond acceptors (Lipinski definition) is 6. The van der Waals surface area contributed by atoms with Crippen LogP contribution in [0.15, 0.2) is 24.3 Å². The van der Waals surface area contributed by atoms with E-state index >= 15 is 0 Å². The molecular weight excluding hydrogens is 424 g/mol. The molecule has 0 bridgehead atoms. The minimum absolute atomic E-state index is 0.133. The summed E-state index contributed by atoms with van der Waals surface area (Å²) >= 11 is 0. The highest BCUT2D eigenvalue weighted by atomic mass is 16.5. The van der Waals surface area contributed by atoms with Gasteiger partial charge in [0.05, 0.1) is 29.4 Å². The first-order valence-electron chi connectivity index (χ1n) is 11.3. The van der Waals surface area contributed by atoms with Crippen molar-refractivity contribution in [3.63, 3.8) is 0 Å². The molecule has 176 valence electrons. The summed E-state index contributed by atoms with van der Waals surface area (Å²) in [4.78, 5) is 29.2. The number of hydrogen-bond donors (Lipinski definition) is 2. The highest BCUT2D eigenvalue weighted by Crippen LogP contribution is 2.23. The van der Waals surface area contributed by atoms with Crippen molar-refractivity contribution in [1.29, 1.82) is 0 Å². The molecule has 2 amide bonds. The maximum absolute atomic E-state index is 13.0. The van der Waals surface area contributed by atoms with Gasteiger partial charge in [-0.2, -0.15) is 5.10 Å². The van der Waals surface area contributed by atoms with E-state index in [0.29, 0.717) is 49.0 Å². The molecule has 4 rings (SSSR count). The molecule has 10 heteroatoms. The highest BCUT2D eigenvalue weighted by Gasteiger charge is 2.19. The number of carbonyl (C=O) groups is 2. The molecule has 3 N–H and O–H groups in total. The third-order valence-corrected chi connectivity index (χ3v) is 5.69. The maximum Gasteiger partial charge on any atom is 0.276 e. The number of anilines is 1. The van der Waals surface area contributed by atoms with Crippen LogP contribution in [0, 0.1) is 6.92 Å². The number of carbonyl (C=O) groups excluding carboxylic acids is 2. The van der Waals surface area contributed by atoms with E-state index in [4.69, 9.17) is 15.2 Å². The van der Waals surface area contributed by atoms with Crippen LogP contribution in [0.5, 0.6) is 0 Å². The number of imidazole rings is 1. The van der Waals surface area contributed by atoms with Crippen molar-refractivity contribution in [3.05, 3.63) is 41.2 Å².